The topological polar surface area (TPSA) is 448 Å². The largest absolute Gasteiger partial charge is 0.505 e. The Labute approximate surface area is 403 Å². The molecular formula is C36H32N10O18S6. The molecule has 0 saturated carbocycles. The smallest absolute Gasteiger partial charge is 0.296 e. The molecule has 0 radical (unpaired) electrons. The number of nitrogens with zero attached hydrogens (tertiary/aromatic N) is 6. The van der Waals surface area contributed by atoms with Crippen molar-refractivity contribution in [1.29, 1.82) is 0 Å². The van der Waals surface area contributed by atoms with Crippen molar-refractivity contribution in [1.82, 2.24) is 0 Å². The van der Waals surface area contributed by atoms with Gasteiger partial charge in [0.2, 0.25) is 0 Å². The second kappa shape index (κ2) is 22.1. The first kappa shape index (κ1) is 52.9. The number of hydrogen-bond acceptors (Lipinski definition) is 27. The van der Waals surface area contributed by atoms with Crippen LogP contribution in [-0.4, -0.2) is 70.8 Å². The molecule has 0 amide bonds. The number of phenols is 1. The molecule has 0 aliphatic rings. The van der Waals surface area contributed by atoms with E-state index >= 15 is 0 Å². The monoisotopic (exact) mass is 1080 g/mol. The van der Waals surface area contributed by atoms with Gasteiger partial charge in [0.25, 0.3) is 30.3 Å². The number of phenolic OH excluding ortho intramolecular Hbond substituents is 1. The Kier molecular flexibility index (Phi) is 16.7. The summed E-state index contributed by atoms with van der Waals surface area (Å²) in [6.45, 7) is -0.339. The van der Waals surface area contributed by atoms with Crippen LogP contribution in [0.1, 0.15) is 0 Å². The van der Waals surface area contributed by atoms with Crippen molar-refractivity contribution in [2.45, 2.75) is 24.5 Å². The van der Waals surface area contributed by atoms with Gasteiger partial charge in [-0.3, -0.25) is 18.0 Å². The Bertz CT molecular complexity index is 3480. The summed E-state index contributed by atoms with van der Waals surface area (Å²) in [4.78, 5) is -2.05. The van der Waals surface area contributed by atoms with Crippen LogP contribution in [0.3, 0.4) is 0 Å². The summed E-state index contributed by atoms with van der Waals surface area (Å²) in [5.41, 5.74) is 16.0. The maximum absolute atomic E-state index is 13.2. The van der Waals surface area contributed by atoms with Crippen molar-refractivity contribution < 1.29 is 81.3 Å². The molecule has 0 spiro atoms. The fraction of sp³-hybridized carbons (Fsp3) is 0.0556. The van der Waals surface area contributed by atoms with Gasteiger partial charge in [-0.05, 0) is 102 Å². The summed E-state index contributed by atoms with van der Waals surface area (Å²) >= 11 is 0.483. The zero-order valence-electron chi connectivity index (χ0n) is 34.6. The molecule has 370 valence electrons. The summed E-state index contributed by atoms with van der Waals surface area (Å²) < 4.78 is 135. The average Bonchev–Trinajstić information content (AvgIpc) is 3.29. The number of sulfone groups is 1. The molecule has 0 fully saturated rings. The molecule has 0 aromatic heterocycles. The van der Waals surface area contributed by atoms with Crippen LogP contribution in [0.15, 0.2) is 152 Å². The molecule has 0 atom stereocenters. The van der Waals surface area contributed by atoms with Crippen molar-refractivity contribution in [3.8, 4) is 5.75 Å². The van der Waals surface area contributed by atoms with Gasteiger partial charge in [0.1, 0.15) is 26.9 Å². The predicted molar refractivity (Wildman–Crippen MR) is 249 cm³/mol. The predicted octanol–water partition coefficient (Wildman–Crippen LogP) is 8.04. The van der Waals surface area contributed by atoms with Crippen molar-refractivity contribution >= 4 is 132 Å². The van der Waals surface area contributed by atoms with Gasteiger partial charge in [-0.15, -0.1) is 24.0 Å². The number of azo groups is 3. The fourth-order valence-electron chi connectivity index (χ4n) is 5.81. The number of aromatic hydroxyl groups is 1. The molecule has 34 heteroatoms. The van der Waals surface area contributed by atoms with Crippen molar-refractivity contribution in [2.75, 3.05) is 34.3 Å². The van der Waals surface area contributed by atoms with Crippen LogP contribution < -0.4 is 21.9 Å². The summed E-state index contributed by atoms with van der Waals surface area (Å²) in [5, 5.41) is 58.7. The van der Waals surface area contributed by atoms with E-state index in [-0.39, 0.29) is 96.2 Å². The molecule has 0 bridgehead atoms. The van der Waals surface area contributed by atoms with Gasteiger partial charge in [-0.25, -0.2) is 27.4 Å². The maximum Gasteiger partial charge on any atom is 0.296 e. The first-order valence-corrected chi connectivity index (χ1v) is 25.9. The molecule has 0 saturated heterocycles. The second-order valence-electron chi connectivity index (χ2n) is 13.5. The Balaban J connectivity index is 1.23. The molecule has 6 aromatic carbocycles. The minimum absolute atomic E-state index is 0.0376. The molecule has 0 aliphatic heterocycles. The fourth-order valence-corrected chi connectivity index (χ4v) is 10.1. The van der Waals surface area contributed by atoms with Gasteiger partial charge in [-0.1, -0.05) is 10.1 Å². The molecule has 6 aromatic rings. The van der Waals surface area contributed by atoms with Gasteiger partial charge < -0.3 is 22.3 Å². The van der Waals surface area contributed by atoms with E-state index in [9.17, 15) is 47.9 Å². The summed E-state index contributed by atoms with van der Waals surface area (Å²) in [6, 6.07) is 19.1. The number of fused-ring (bicyclic) bond motifs is 1. The quantitative estimate of drug-likeness (QED) is 0.00626. The highest BCUT2D eigenvalue weighted by Gasteiger charge is 2.26. The number of sulfonamides is 1. The van der Waals surface area contributed by atoms with Crippen molar-refractivity contribution in [2.24, 2.45) is 30.7 Å². The standard InChI is InChI=1S/C36H32N10O18S6/c37-26-17-27(38)30(69(54,55)56)18-28(26)43-40-20-1-3-23(4-2-20)46-68(52,53)25-11-7-22(8-12-25)42-45-35-31(70(57,58)59)16-19-15-29(65-63-61-48)34(36(47)32(19)33(35)39)44-41-21-5-9-24(10-6-21)67(50,51)14-13-60-66-64-62-49/h1-12,15-18,46-49H,13-14,37-39H2,(H,54,55,56)(H,57,58,59)/b43-40+,44-41+,45-42+. The minimum atomic E-state index is -5.13. The van der Waals surface area contributed by atoms with Gasteiger partial charge in [0.15, 0.2) is 27.9 Å². The number of nitrogens with one attached hydrogen (secondary N) is 1. The molecule has 0 heterocycles. The highest BCUT2D eigenvalue weighted by atomic mass is 32.2. The van der Waals surface area contributed by atoms with Crippen LogP contribution >= 0.6 is 24.4 Å². The van der Waals surface area contributed by atoms with Crippen LogP contribution in [0.25, 0.3) is 10.8 Å². The van der Waals surface area contributed by atoms with Crippen molar-refractivity contribution in [3.63, 3.8) is 0 Å². The number of hydrogen-bond donors (Lipinski definition) is 9. The van der Waals surface area contributed by atoms with Gasteiger partial charge in [0.05, 0.1) is 78.6 Å². The zero-order chi connectivity index (χ0) is 51.0. The molecule has 6 rings (SSSR count). The summed E-state index contributed by atoms with van der Waals surface area (Å²) in [6.07, 6.45) is 0. The van der Waals surface area contributed by atoms with Crippen LogP contribution in [0.4, 0.5) is 56.9 Å². The Morgan fingerprint density at radius 2 is 1.14 bits per heavy atom. The lowest BCUT2D eigenvalue weighted by atomic mass is 10.1. The van der Waals surface area contributed by atoms with Gasteiger partial charge in [-0.2, -0.15) is 32.2 Å². The Hall–Kier alpha value is -6.48. The van der Waals surface area contributed by atoms with Crippen LogP contribution in [0.2, 0.25) is 0 Å². The van der Waals surface area contributed by atoms with Crippen molar-refractivity contribution in [3.05, 3.63) is 97.1 Å². The van der Waals surface area contributed by atoms with E-state index < -0.39 is 78.5 Å². The normalized spacial score (nSPS) is 12.7. The van der Waals surface area contributed by atoms with Crippen LogP contribution in [0, 0.1) is 0 Å². The Morgan fingerprint density at radius 1 is 0.600 bits per heavy atom. The molecular weight excluding hydrogens is 1050 g/mol. The number of anilines is 4. The Morgan fingerprint density at radius 3 is 1.71 bits per heavy atom. The van der Waals surface area contributed by atoms with E-state index in [1.165, 1.54) is 66.7 Å². The van der Waals surface area contributed by atoms with Gasteiger partial charge >= 0.3 is 0 Å². The van der Waals surface area contributed by atoms with E-state index in [4.69, 9.17) is 31.9 Å². The first-order chi connectivity index (χ1) is 33.0. The molecule has 12 N–H and O–H groups in total. The lowest BCUT2D eigenvalue weighted by Gasteiger charge is -2.14. The van der Waals surface area contributed by atoms with E-state index in [0.29, 0.717) is 0 Å². The third-order valence-electron chi connectivity index (χ3n) is 8.99. The van der Waals surface area contributed by atoms with Gasteiger partial charge in [0, 0.05) is 5.69 Å². The molecule has 0 unspecified atom stereocenters. The maximum atomic E-state index is 13.2. The SMILES string of the molecule is Nc1cc(N)c(S(=O)(=O)O)cc1/N=N/c1ccc(NS(=O)(=O)c2ccc(/N=N/c3c(S(=O)(=O)O)cc4cc(SOOO)c(/N=N/c5ccc(S(=O)(=O)CCOSOOO)cc5)c(O)c4c3N)cc2)cc1. The van der Waals surface area contributed by atoms with E-state index in [0.717, 1.165) is 30.3 Å². The highest BCUT2D eigenvalue weighted by molar-refractivity contribution is 7.94. The minimum Gasteiger partial charge on any atom is -0.505 e. The number of nitrogen functional groups attached to an aromatic ring is 3. The van der Waals surface area contributed by atoms with E-state index in [2.05, 4.69) is 54.2 Å². The molecule has 0 aliphatic carbocycles. The number of benzene rings is 6. The number of nitrogens with two attached hydrogens (primary N) is 3. The molecule has 70 heavy (non-hydrogen) atoms. The zero-order valence-corrected chi connectivity index (χ0v) is 39.5. The molecule has 28 nitrogen and oxygen atoms in total. The van der Waals surface area contributed by atoms with Crippen LogP contribution in [-0.2, 0) is 63.0 Å². The summed E-state index contributed by atoms with van der Waals surface area (Å²) in [7, 11) is -17.9. The average molecular weight is 1090 g/mol. The third-order valence-corrected chi connectivity index (χ3v) is 14.9. The summed E-state index contributed by atoms with van der Waals surface area (Å²) in [5.74, 6) is -1.24. The lowest BCUT2D eigenvalue weighted by molar-refractivity contribution is -0.434. The van der Waals surface area contributed by atoms with E-state index in [1.807, 2.05) is 0 Å². The highest BCUT2D eigenvalue weighted by Crippen LogP contribution is 2.50. The lowest BCUT2D eigenvalue weighted by Crippen LogP contribution is -2.12. The third kappa shape index (κ3) is 13.0. The second-order valence-corrected chi connectivity index (χ2v) is 21.3. The van der Waals surface area contributed by atoms with E-state index in [1.54, 1.807) is 0 Å². The number of rotatable bonds is 21. The van der Waals surface area contributed by atoms with Crippen LogP contribution in [0.5, 0.6) is 5.75 Å². The first-order valence-electron chi connectivity index (χ1n) is 18.5.